The van der Waals surface area contributed by atoms with Gasteiger partial charge in [0.2, 0.25) is 5.91 Å². The normalized spacial score (nSPS) is 10.6. The summed E-state index contributed by atoms with van der Waals surface area (Å²) in [7, 11) is 3.59. The first-order valence-electron chi connectivity index (χ1n) is 8.37. The SMILES string of the molecule is COc1ccc(-c2cnc(SCC(=O)NCc3ccc(Cl)cc3)n2C)cc1. The van der Waals surface area contributed by atoms with Gasteiger partial charge in [-0.25, -0.2) is 4.98 Å². The molecule has 0 aliphatic heterocycles. The van der Waals surface area contributed by atoms with Crippen LogP contribution < -0.4 is 10.1 Å². The van der Waals surface area contributed by atoms with Crippen LogP contribution in [0.3, 0.4) is 0 Å². The molecule has 0 unspecified atom stereocenters. The lowest BCUT2D eigenvalue weighted by atomic mass is 10.1. The van der Waals surface area contributed by atoms with E-state index in [1.54, 1.807) is 7.11 Å². The summed E-state index contributed by atoms with van der Waals surface area (Å²) in [5.74, 6) is 1.08. The molecule has 0 atom stereocenters. The van der Waals surface area contributed by atoms with E-state index in [4.69, 9.17) is 16.3 Å². The van der Waals surface area contributed by atoms with Crippen LogP contribution in [0, 0.1) is 0 Å². The number of thioether (sulfide) groups is 1. The highest BCUT2D eigenvalue weighted by molar-refractivity contribution is 7.99. The summed E-state index contributed by atoms with van der Waals surface area (Å²) in [4.78, 5) is 16.5. The molecule has 0 bridgehead atoms. The topological polar surface area (TPSA) is 56.1 Å². The second-order valence-corrected chi connectivity index (χ2v) is 7.28. The van der Waals surface area contributed by atoms with Gasteiger partial charge in [-0.2, -0.15) is 0 Å². The van der Waals surface area contributed by atoms with Crippen LogP contribution in [0.15, 0.2) is 59.9 Å². The first-order valence-corrected chi connectivity index (χ1v) is 9.73. The van der Waals surface area contributed by atoms with Crippen molar-refractivity contribution in [1.29, 1.82) is 0 Å². The highest BCUT2D eigenvalue weighted by Gasteiger charge is 2.11. The van der Waals surface area contributed by atoms with Crippen molar-refractivity contribution in [2.75, 3.05) is 12.9 Å². The first kappa shape index (κ1) is 19.3. The van der Waals surface area contributed by atoms with Crippen LogP contribution in [-0.2, 0) is 18.4 Å². The van der Waals surface area contributed by atoms with Crippen LogP contribution in [-0.4, -0.2) is 28.3 Å². The Morgan fingerprint density at radius 2 is 1.89 bits per heavy atom. The summed E-state index contributed by atoms with van der Waals surface area (Å²) in [5, 5.41) is 4.38. The molecule has 1 N–H and O–H groups in total. The van der Waals surface area contributed by atoms with Crippen LogP contribution in [0.25, 0.3) is 11.3 Å². The maximum absolute atomic E-state index is 12.1. The molecule has 1 aromatic heterocycles. The number of methoxy groups -OCH3 is 1. The second-order valence-electron chi connectivity index (χ2n) is 5.91. The lowest BCUT2D eigenvalue weighted by Crippen LogP contribution is -2.24. The summed E-state index contributed by atoms with van der Waals surface area (Å²) in [6, 6.07) is 15.2. The third kappa shape index (κ3) is 5.05. The van der Waals surface area contributed by atoms with Gasteiger partial charge < -0.3 is 14.6 Å². The predicted octanol–water partition coefficient (Wildman–Crippen LogP) is 4.16. The van der Waals surface area contributed by atoms with E-state index in [2.05, 4.69) is 10.3 Å². The molecule has 0 aliphatic rings. The molecule has 1 amide bonds. The zero-order chi connectivity index (χ0) is 19.2. The Morgan fingerprint density at radius 3 is 2.56 bits per heavy atom. The number of nitrogens with zero attached hydrogens (tertiary/aromatic N) is 2. The van der Waals surface area contributed by atoms with Crippen LogP contribution in [0.5, 0.6) is 5.75 Å². The maximum Gasteiger partial charge on any atom is 0.230 e. The molecule has 0 spiro atoms. The number of halogens is 1. The molecule has 2 aromatic carbocycles. The van der Waals surface area contributed by atoms with Gasteiger partial charge in [-0.3, -0.25) is 4.79 Å². The fraction of sp³-hybridized carbons (Fsp3) is 0.200. The number of nitrogens with one attached hydrogen (secondary N) is 1. The number of rotatable bonds is 7. The molecule has 7 heteroatoms. The summed E-state index contributed by atoms with van der Waals surface area (Å²) >= 11 is 7.27. The van der Waals surface area contributed by atoms with Crippen molar-refractivity contribution in [2.24, 2.45) is 7.05 Å². The number of hydrogen-bond acceptors (Lipinski definition) is 4. The number of benzene rings is 2. The van der Waals surface area contributed by atoms with Gasteiger partial charge in [-0.15, -0.1) is 0 Å². The smallest absolute Gasteiger partial charge is 0.230 e. The quantitative estimate of drug-likeness (QED) is 0.604. The molecule has 5 nitrogen and oxygen atoms in total. The molecule has 3 rings (SSSR count). The third-order valence-corrected chi connectivity index (χ3v) is 5.36. The van der Waals surface area contributed by atoms with Gasteiger partial charge in [0.15, 0.2) is 5.16 Å². The Bertz CT molecular complexity index is 908. The lowest BCUT2D eigenvalue weighted by Gasteiger charge is -2.08. The molecule has 0 saturated carbocycles. The van der Waals surface area contributed by atoms with Crippen molar-refractivity contribution in [3.63, 3.8) is 0 Å². The molecular weight excluding hydrogens is 382 g/mol. The zero-order valence-electron chi connectivity index (χ0n) is 15.1. The fourth-order valence-corrected chi connectivity index (χ4v) is 3.45. The molecule has 27 heavy (non-hydrogen) atoms. The van der Waals surface area contributed by atoms with Gasteiger partial charge >= 0.3 is 0 Å². The standard InChI is InChI=1S/C20H20ClN3O2S/c1-24-18(15-5-9-17(26-2)10-6-15)12-23-20(24)27-13-19(25)22-11-14-3-7-16(21)8-4-14/h3-10,12H,11,13H2,1-2H3,(H,22,25). The van der Waals surface area contributed by atoms with Gasteiger partial charge in [0.05, 0.1) is 24.8 Å². The third-order valence-electron chi connectivity index (χ3n) is 4.07. The van der Waals surface area contributed by atoms with Crippen molar-refractivity contribution in [3.8, 4) is 17.0 Å². The number of ether oxygens (including phenoxy) is 1. The molecular formula is C20H20ClN3O2S. The van der Waals surface area contributed by atoms with Gasteiger partial charge in [-0.1, -0.05) is 35.5 Å². The fourth-order valence-electron chi connectivity index (χ4n) is 2.54. The molecule has 0 fully saturated rings. The molecule has 140 valence electrons. The lowest BCUT2D eigenvalue weighted by molar-refractivity contribution is -0.118. The Balaban J connectivity index is 1.55. The minimum Gasteiger partial charge on any atom is -0.497 e. The highest BCUT2D eigenvalue weighted by atomic mass is 35.5. The van der Waals surface area contributed by atoms with Crippen molar-refractivity contribution in [3.05, 3.63) is 65.3 Å². The van der Waals surface area contributed by atoms with Crippen molar-refractivity contribution in [2.45, 2.75) is 11.7 Å². The molecule has 0 aliphatic carbocycles. The average molecular weight is 402 g/mol. The Kier molecular flexibility index (Phi) is 6.42. The van der Waals surface area contributed by atoms with E-state index in [1.807, 2.05) is 66.3 Å². The maximum atomic E-state index is 12.1. The van der Waals surface area contributed by atoms with E-state index in [0.717, 1.165) is 27.7 Å². The summed E-state index contributed by atoms with van der Waals surface area (Å²) in [5.41, 5.74) is 3.04. The highest BCUT2D eigenvalue weighted by Crippen LogP contribution is 2.26. The van der Waals surface area contributed by atoms with E-state index in [-0.39, 0.29) is 5.91 Å². The summed E-state index contributed by atoms with van der Waals surface area (Å²) in [6.45, 7) is 0.480. The Morgan fingerprint density at radius 1 is 1.19 bits per heavy atom. The second kappa shape index (κ2) is 8.97. The molecule has 3 aromatic rings. The van der Waals surface area contributed by atoms with Crippen LogP contribution in [0.2, 0.25) is 5.02 Å². The Hall–Kier alpha value is -2.44. The van der Waals surface area contributed by atoms with Gasteiger partial charge in [0.25, 0.3) is 0 Å². The van der Waals surface area contributed by atoms with Crippen molar-refractivity contribution in [1.82, 2.24) is 14.9 Å². The minimum absolute atomic E-state index is 0.0380. The van der Waals surface area contributed by atoms with E-state index < -0.39 is 0 Å². The number of hydrogen-bond donors (Lipinski definition) is 1. The van der Waals surface area contributed by atoms with Crippen LogP contribution >= 0.6 is 23.4 Å². The number of imidazole rings is 1. The van der Waals surface area contributed by atoms with E-state index in [9.17, 15) is 4.79 Å². The first-order chi connectivity index (χ1) is 13.1. The zero-order valence-corrected chi connectivity index (χ0v) is 16.7. The molecule has 0 radical (unpaired) electrons. The van der Waals surface area contributed by atoms with Gasteiger partial charge in [0, 0.05) is 24.2 Å². The summed E-state index contributed by atoms with van der Waals surface area (Å²) < 4.78 is 7.17. The van der Waals surface area contributed by atoms with E-state index in [0.29, 0.717) is 17.3 Å². The minimum atomic E-state index is -0.0380. The predicted molar refractivity (Wildman–Crippen MR) is 109 cm³/mol. The Labute approximate surface area is 167 Å². The van der Waals surface area contributed by atoms with Crippen LogP contribution in [0.1, 0.15) is 5.56 Å². The molecule has 0 saturated heterocycles. The number of amides is 1. The van der Waals surface area contributed by atoms with Crippen LogP contribution in [0.4, 0.5) is 0 Å². The number of carbonyl (C=O) groups excluding carboxylic acids is 1. The van der Waals surface area contributed by atoms with E-state index >= 15 is 0 Å². The van der Waals surface area contributed by atoms with Gasteiger partial charge in [0.1, 0.15) is 5.75 Å². The number of carbonyl (C=O) groups is 1. The van der Waals surface area contributed by atoms with Crippen molar-refractivity contribution < 1.29 is 9.53 Å². The monoisotopic (exact) mass is 401 g/mol. The van der Waals surface area contributed by atoms with Crippen molar-refractivity contribution >= 4 is 29.3 Å². The molecule has 1 heterocycles. The summed E-state index contributed by atoms with van der Waals surface area (Å²) in [6.07, 6.45) is 1.82. The number of aromatic nitrogens is 2. The largest absolute Gasteiger partial charge is 0.497 e. The average Bonchev–Trinajstić information content (AvgIpc) is 3.06. The van der Waals surface area contributed by atoms with E-state index in [1.165, 1.54) is 11.8 Å². The van der Waals surface area contributed by atoms with Gasteiger partial charge in [-0.05, 0) is 42.0 Å².